The van der Waals surface area contributed by atoms with Crippen molar-refractivity contribution in [1.29, 1.82) is 0 Å². The number of hydrogen-bond donors (Lipinski definition) is 0. The van der Waals surface area contributed by atoms with Crippen LogP contribution < -0.4 is 9.64 Å². The summed E-state index contributed by atoms with van der Waals surface area (Å²) in [6.07, 6.45) is 5.00. The fourth-order valence-corrected chi connectivity index (χ4v) is 12.2. The smallest absolute Gasteiger partial charge is 0.238 e. The molecule has 0 spiro atoms. The van der Waals surface area contributed by atoms with Crippen molar-refractivity contribution in [2.75, 3.05) is 4.90 Å². The van der Waals surface area contributed by atoms with Crippen LogP contribution in [0.4, 0.5) is 17.3 Å². The molecule has 9 aromatic carbocycles. The largest absolute Gasteiger partial charge is 0.477 e. The SMILES string of the molecule is CC1(C)c2ccccc2N(c2nc(-c3ccc(C4CCCC4)cc3)nc(-c3ccc(-c4ccc5c(c4)OC(C)(c4ccccc4)c4ccccc4-5)c(-c4nc(-c5ccccc5)nc(-c5ccccc5)n4)c3)n2)c2ccccc21. The normalized spacial score (nSPS) is 16.1. The van der Waals surface area contributed by atoms with Crippen molar-refractivity contribution in [1.82, 2.24) is 29.9 Å². The molecular weight excluding hydrogens is 955 g/mol. The van der Waals surface area contributed by atoms with Crippen LogP contribution in [0.5, 0.6) is 5.75 Å². The first-order chi connectivity index (χ1) is 38.3. The predicted octanol–water partition coefficient (Wildman–Crippen LogP) is 17.1. The third-order valence-corrected chi connectivity index (χ3v) is 16.3. The summed E-state index contributed by atoms with van der Waals surface area (Å²) in [5.74, 6) is 4.65. The standard InChI is InChI=1S/C70H55N7O/c1-69(2)58-31-17-19-33-60(58)77(61-34-20-18-32-59(61)69)68-75-65(49-37-35-46(36-38-49)45-21-13-14-22-45)72-66(76-68)51-40-41-53(56(43-51)67-73-63(47-23-7-4-8-24-47)71-64(74-67)48-25-9-5-10-26-48)50-39-42-55-54-29-15-16-30-57(54)70(3,78-62(55)44-50)52-27-11-6-12-28-52/h4-12,15-20,23-45H,13-14,21-22H2,1-3H3. The first-order valence-electron chi connectivity index (χ1n) is 27.1. The summed E-state index contributed by atoms with van der Waals surface area (Å²) in [7, 11) is 0. The maximum atomic E-state index is 7.24. The molecule has 376 valence electrons. The molecular formula is C70H55N7O. The van der Waals surface area contributed by atoms with Gasteiger partial charge in [0.15, 0.2) is 34.7 Å². The van der Waals surface area contributed by atoms with Crippen LogP contribution in [0.2, 0.25) is 0 Å². The van der Waals surface area contributed by atoms with E-state index in [1.54, 1.807) is 0 Å². The van der Waals surface area contributed by atoms with Crippen LogP contribution in [0.1, 0.15) is 80.2 Å². The van der Waals surface area contributed by atoms with Crippen LogP contribution in [0.25, 0.3) is 79.2 Å². The molecule has 1 unspecified atom stereocenters. The molecule has 8 nitrogen and oxygen atoms in total. The predicted molar refractivity (Wildman–Crippen MR) is 313 cm³/mol. The molecule has 8 heteroatoms. The summed E-state index contributed by atoms with van der Waals surface area (Å²) >= 11 is 0. The minimum Gasteiger partial charge on any atom is -0.477 e. The van der Waals surface area contributed by atoms with Crippen molar-refractivity contribution in [2.24, 2.45) is 0 Å². The molecule has 3 aliphatic rings. The zero-order valence-corrected chi connectivity index (χ0v) is 43.8. The highest BCUT2D eigenvalue weighted by molar-refractivity contribution is 5.89. The number of hydrogen-bond acceptors (Lipinski definition) is 8. The molecule has 0 radical (unpaired) electrons. The van der Waals surface area contributed by atoms with Gasteiger partial charge in [-0.2, -0.15) is 9.97 Å². The molecule has 1 saturated carbocycles. The van der Waals surface area contributed by atoms with Crippen molar-refractivity contribution in [3.8, 4) is 84.9 Å². The third kappa shape index (κ3) is 8.14. The number of benzene rings is 9. The molecule has 0 saturated heterocycles. The van der Waals surface area contributed by atoms with E-state index in [4.69, 9.17) is 34.6 Å². The second kappa shape index (κ2) is 19.0. The first kappa shape index (κ1) is 47.1. The van der Waals surface area contributed by atoms with Crippen molar-refractivity contribution in [2.45, 2.75) is 63.4 Å². The minimum atomic E-state index is -0.740. The van der Waals surface area contributed by atoms with Gasteiger partial charge in [-0.1, -0.05) is 227 Å². The van der Waals surface area contributed by atoms with Crippen LogP contribution in [0.3, 0.4) is 0 Å². The summed E-state index contributed by atoms with van der Waals surface area (Å²) in [4.78, 5) is 34.3. The fourth-order valence-electron chi connectivity index (χ4n) is 12.2. The Labute approximate surface area is 455 Å². The molecule has 0 bridgehead atoms. The van der Waals surface area contributed by atoms with Gasteiger partial charge in [0.05, 0.1) is 11.4 Å². The van der Waals surface area contributed by atoms with Gasteiger partial charge in [0.1, 0.15) is 5.75 Å². The molecule has 78 heavy (non-hydrogen) atoms. The van der Waals surface area contributed by atoms with Gasteiger partial charge in [-0.05, 0) is 88.9 Å². The number of aromatic nitrogens is 6. The van der Waals surface area contributed by atoms with E-state index in [1.165, 1.54) is 42.4 Å². The number of para-hydroxylation sites is 2. The Morgan fingerprint density at radius 1 is 0.385 bits per heavy atom. The Hall–Kier alpha value is -9.40. The summed E-state index contributed by atoms with van der Waals surface area (Å²) in [5.41, 5.74) is 15.3. The number of ether oxygens (including phenoxy) is 1. The monoisotopic (exact) mass is 1010 g/mol. The molecule has 2 aromatic heterocycles. The van der Waals surface area contributed by atoms with Gasteiger partial charge in [0, 0.05) is 44.4 Å². The molecule has 0 amide bonds. The second-order valence-electron chi connectivity index (χ2n) is 21.4. The van der Waals surface area contributed by atoms with E-state index in [0.717, 1.165) is 78.3 Å². The van der Waals surface area contributed by atoms with Crippen molar-refractivity contribution in [3.05, 3.63) is 252 Å². The average Bonchev–Trinajstić information content (AvgIpc) is 4.18. The molecule has 11 aromatic rings. The van der Waals surface area contributed by atoms with E-state index in [9.17, 15) is 0 Å². The van der Waals surface area contributed by atoms with Gasteiger partial charge in [-0.3, -0.25) is 4.90 Å². The lowest BCUT2D eigenvalue weighted by Gasteiger charge is -2.40. The van der Waals surface area contributed by atoms with Gasteiger partial charge in [-0.25, -0.2) is 19.9 Å². The number of fused-ring (bicyclic) bond motifs is 5. The molecule has 14 rings (SSSR count). The zero-order chi connectivity index (χ0) is 52.4. The Morgan fingerprint density at radius 2 is 0.859 bits per heavy atom. The van der Waals surface area contributed by atoms with E-state index in [1.807, 2.05) is 66.7 Å². The Kier molecular flexibility index (Phi) is 11.5. The van der Waals surface area contributed by atoms with E-state index in [0.29, 0.717) is 41.0 Å². The molecule has 1 aliphatic carbocycles. The molecule has 1 atom stereocenters. The van der Waals surface area contributed by atoms with Crippen LogP contribution >= 0.6 is 0 Å². The topological polar surface area (TPSA) is 89.8 Å². The van der Waals surface area contributed by atoms with E-state index < -0.39 is 5.60 Å². The first-order valence-corrected chi connectivity index (χ1v) is 27.1. The summed E-state index contributed by atoms with van der Waals surface area (Å²) in [6, 6.07) is 78.4. The van der Waals surface area contributed by atoms with Crippen molar-refractivity contribution in [3.63, 3.8) is 0 Å². The van der Waals surface area contributed by atoms with E-state index in [-0.39, 0.29) is 5.41 Å². The molecule has 4 heterocycles. The number of anilines is 3. The Morgan fingerprint density at radius 3 is 1.49 bits per heavy atom. The highest BCUT2D eigenvalue weighted by atomic mass is 16.5. The third-order valence-electron chi connectivity index (χ3n) is 16.3. The van der Waals surface area contributed by atoms with Crippen LogP contribution in [0, 0.1) is 0 Å². The Bertz CT molecular complexity index is 3960. The maximum Gasteiger partial charge on any atom is 0.238 e. The molecule has 2 aliphatic heterocycles. The number of rotatable bonds is 9. The summed E-state index contributed by atoms with van der Waals surface area (Å²) < 4.78 is 7.24. The van der Waals surface area contributed by atoms with E-state index in [2.05, 4.69) is 183 Å². The number of nitrogens with zero attached hydrogens (tertiary/aromatic N) is 7. The average molecular weight is 1010 g/mol. The second-order valence-corrected chi connectivity index (χ2v) is 21.4. The maximum absolute atomic E-state index is 7.24. The van der Waals surface area contributed by atoms with Gasteiger partial charge in [-0.15, -0.1) is 0 Å². The highest BCUT2D eigenvalue weighted by Gasteiger charge is 2.40. The van der Waals surface area contributed by atoms with Gasteiger partial charge < -0.3 is 4.74 Å². The highest BCUT2D eigenvalue weighted by Crippen LogP contribution is 2.53. The van der Waals surface area contributed by atoms with Gasteiger partial charge >= 0.3 is 0 Å². The summed E-state index contributed by atoms with van der Waals surface area (Å²) in [5, 5.41) is 0. The van der Waals surface area contributed by atoms with Crippen LogP contribution in [-0.4, -0.2) is 29.9 Å². The van der Waals surface area contributed by atoms with E-state index >= 15 is 0 Å². The lowest BCUT2D eigenvalue weighted by molar-refractivity contribution is 0.129. The van der Waals surface area contributed by atoms with Gasteiger partial charge in [0.25, 0.3) is 0 Å². The molecule has 1 fully saturated rings. The van der Waals surface area contributed by atoms with Crippen LogP contribution in [-0.2, 0) is 11.0 Å². The quantitative estimate of drug-likeness (QED) is 0.141. The Balaban J connectivity index is 0.992. The fraction of sp³-hybridized carbons (Fsp3) is 0.143. The minimum absolute atomic E-state index is 0.268. The van der Waals surface area contributed by atoms with Crippen molar-refractivity contribution < 1.29 is 4.74 Å². The molecule has 0 N–H and O–H groups in total. The lowest BCUT2D eigenvalue weighted by Crippen LogP contribution is -2.34. The summed E-state index contributed by atoms with van der Waals surface area (Å²) in [6.45, 7) is 6.76. The zero-order valence-electron chi connectivity index (χ0n) is 43.8. The van der Waals surface area contributed by atoms with Crippen molar-refractivity contribution >= 4 is 17.3 Å². The lowest BCUT2D eigenvalue weighted by atomic mass is 9.74. The van der Waals surface area contributed by atoms with Gasteiger partial charge in [0.2, 0.25) is 5.95 Å². The van der Waals surface area contributed by atoms with Crippen LogP contribution in [0.15, 0.2) is 224 Å².